The van der Waals surface area contributed by atoms with Gasteiger partial charge in [-0.25, -0.2) is 4.98 Å². The maximum Gasteiger partial charge on any atom is 0.271 e. The van der Waals surface area contributed by atoms with Crippen LogP contribution in [0.15, 0.2) is 12.5 Å². The maximum atomic E-state index is 12.0. The minimum Gasteiger partial charge on any atom is -0.350 e. The second-order valence-corrected chi connectivity index (χ2v) is 5.62. The summed E-state index contributed by atoms with van der Waals surface area (Å²) in [6.07, 6.45) is 8.43. The van der Waals surface area contributed by atoms with Crippen molar-refractivity contribution in [3.8, 4) is 0 Å². The van der Waals surface area contributed by atoms with Gasteiger partial charge in [-0.1, -0.05) is 19.8 Å². The Morgan fingerprint density at radius 1 is 1.47 bits per heavy atom. The van der Waals surface area contributed by atoms with E-state index in [9.17, 15) is 4.79 Å². The van der Waals surface area contributed by atoms with E-state index in [1.807, 2.05) is 4.57 Å². The van der Waals surface area contributed by atoms with Crippen molar-refractivity contribution in [1.29, 1.82) is 0 Å². The van der Waals surface area contributed by atoms with Crippen molar-refractivity contribution in [3.63, 3.8) is 0 Å². The zero-order valence-corrected chi connectivity index (χ0v) is 11.6. The maximum absolute atomic E-state index is 12.0. The first-order valence-electron chi connectivity index (χ1n) is 7.19. The van der Waals surface area contributed by atoms with Gasteiger partial charge in [0.2, 0.25) is 0 Å². The Kier molecular flexibility index (Phi) is 4.96. The van der Waals surface area contributed by atoms with Gasteiger partial charge >= 0.3 is 0 Å². The number of nitrogens with zero attached hydrogens (tertiary/aromatic N) is 2. The molecule has 1 aliphatic rings. The molecule has 1 saturated carbocycles. The van der Waals surface area contributed by atoms with Crippen molar-refractivity contribution in [2.24, 2.45) is 17.6 Å². The highest BCUT2D eigenvalue weighted by Crippen LogP contribution is 2.27. The summed E-state index contributed by atoms with van der Waals surface area (Å²) in [5.41, 5.74) is 5.95. The van der Waals surface area contributed by atoms with Crippen LogP contribution in [0.25, 0.3) is 0 Å². The summed E-state index contributed by atoms with van der Waals surface area (Å²) in [7, 11) is 0. The van der Waals surface area contributed by atoms with E-state index in [1.54, 1.807) is 12.5 Å². The smallest absolute Gasteiger partial charge is 0.271 e. The monoisotopic (exact) mass is 264 g/mol. The van der Waals surface area contributed by atoms with E-state index in [0.717, 1.165) is 12.5 Å². The first-order chi connectivity index (χ1) is 9.19. The summed E-state index contributed by atoms with van der Waals surface area (Å²) in [5.74, 6) is 1.40. The molecule has 1 amide bonds. The summed E-state index contributed by atoms with van der Waals surface area (Å²) < 4.78 is 1.84. The fourth-order valence-corrected chi connectivity index (χ4v) is 2.61. The molecule has 0 aromatic carbocycles. The van der Waals surface area contributed by atoms with E-state index < -0.39 is 0 Å². The van der Waals surface area contributed by atoms with Crippen LogP contribution >= 0.6 is 0 Å². The van der Waals surface area contributed by atoms with Gasteiger partial charge in [0.05, 0.1) is 6.33 Å². The average Bonchev–Trinajstić information content (AvgIpc) is 2.87. The Labute approximate surface area is 114 Å². The van der Waals surface area contributed by atoms with Crippen LogP contribution in [0.2, 0.25) is 0 Å². The van der Waals surface area contributed by atoms with Crippen molar-refractivity contribution >= 4 is 5.91 Å². The molecular formula is C14H24N4O. The lowest BCUT2D eigenvalue weighted by Crippen LogP contribution is -2.31. The molecule has 1 aromatic rings. The highest BCUT2D eigenvalue weighted by Gasteiger charge is 2.19. The number of hydrogen-bond acceptors (Lipinski definition) is 3. The number of carbonyl (C=O) groups excluding carboxylic acids is 1. The number of imidazole rings is 1. The van der Waals surface area contributed by atoms with Gasteiger partial charge in [0.25, 0.3) is 5.91 Å². The van der Waals surface area contributed by atoms with Crippen LogP contribution in [0.3, 0.4) is 0 Å². The van der Waals surface area contributed by atoms with E-state index in [4.69, 9.17) is 5.73 Å². The minimum atomic E-state index is -0.0746. The number of nitrogens with one attached hydrogen (secondary N) is 1. The van der Waals surface area contributed by atoms with Crippen LogP contribution in [-0.4, -0.2) is 28.5 Å². The van der Waals surface area contributed by atoms with Gasteiger partial charge in [0.15, 0.2) is 0 Å². The third kappa shape index (κ3) is 4.06. The summed E-state index contributed by atoms with van der Waals surface area (Å²) in [6.45, 7) is 4.33. The van der Waals surface area contributed by atoms with Crippen LogP contribution in [0.1, 0.15) is 43.1 Å². The zero-order valence-electron chi connectivity index (χ0n) is 11.6. The van der Waals surface area contributed by atoms with E-state index >= 15 is 0 Å². The molecule has 0 spiro atoms. The lowest BCUT2D eigenvalue weighted by atomic mass is 9.83. The van der Waals surface area contributed by atoms with Crippen LogP contribution < -0.4 is 11.1 Å². The Balaban J connectivity index is 1.77. The third-order valence-corrected chi connectivity index (χ3v) is 3.94. The molecule has 3 N–H and O–H groups in total. The fraction of sp³-hybridized carbons (Fsp3) is 0.714. The van der Waals surface area contributed by atoms with Crippen molar-refractivity contribution in [2.75, 3.05) is 13.1 Å². The second kappa shape index (κ2) is 6.70. The SMILES string of the molecule is CC1CCC(CNC(=O)c2cn(CCN)cn2)CC1. The Morgan fingerprint density at radius 3 is 2.89 bits per heavy atom. The molecule has 106 valence electrons. The number of hydrogen-bond donors (Lipinski definition) is 2. The second-order valence-electron chi connectivity index (χ2n) is 5.62. The van der Waals surface area contributed by atoms with Gasteiger partial charge < -0.3 is 15.6 Å². The van der Waals surface area contributed by atoms with E-state index in [0.29, 0.717) is 24.7 Å². The molecule has 0 unspecified atom stereocenters. The molecular weight excluding hydrogens is 240 g/mol. The van der Waals surface area contributed by atoms with Crippen molar-refractivity contribution in [1.82, 2.24) is 14.9 Å². The number of carbonyl (C=O) groups is 1. The molecule has 0 aliphatic heterocycles. The molecule has 1 heterocycles. The van der Waals surface area contributed by atoms with E-state index in [-0.39, 0.29) is 5.91 Å². The predicted octanol–water partition coefficient (Wildman–Crippen LogP) is 1.40. The van der Waals surface area contributed by atoms with Gasteiger partial charge in [-0.2, -0.15) is 0 Å². The Bertz CT molecular complexity index is 407. The molecule has 0 saturated heterocycles. The molecule has 19 heavy (non-hydrogen) atoms. The first kappa shape index (κ1) is 14.1. The summed E-state index contributed by atoms with van der Waals surface area (Å²) in [5, 5.41) is 2.99. The molecule has 0 radical (unpaired) electrons. The molecule has 5 nitrogen and oxygen atoms in total. The summed E-state index contributed by atoms with van der Waals surface area (Å²) in [4.78, 5) is 16.1. The van der Waals surface area contributed by atoms with Gasteiger partial charge in [0.1, 0.15) is 5.69 Å². The first-order valence-corrected chi connectivity index (χ1v) is 7.19. The van der Waals surface area contributed by atoms with Crippen LogP contribution in [0, 0.1) is 11.8 Å². The van der Waals surface area contributed by atoms with Crippen LogP contribution in [-0.2, 0) is 6.54 Å². The van der Waals surface area contributed by atoms with Gasteiger partial charge in [-0.3, -0.25) is 4.79 Å². The number of aromatic nitrogens is 2. The Hall–Kier alpha value is -1.36. The normalized spacial score (nSPS) is 23.3. The predicted molar refractivity (Wildman–Crippen MR) is 74.7 cm³/mol. The van der Waals surface area contributed by atoms with E-state index in [1.165, 1.54) is 25.7 Å². The van der Waals surface area contributed by atoms with Crippen molar-refractivity contribution in [2.45, 2.75) is 39.2 Å². The number of rotatable bonds is 5. The molecule has 2 rings (SSSR count). The summed E-state index contributed by atoms with van der Waals surface area (Å²) in [6, 6.07) is 0. The minimum absolute atomic E-state index is 0.0746. The fourth-order valence-electron chi connectivity index (χ4n) is 2.61. The lowest BCUT2D eigenvalue weighted by molar-refractivity contribution is 0.0937. The standard InChI is InChI=1S/C14H24N4O/c1-11-2-4-12(5-3-11)8-16-14(19)13-9-18(7-6-15)10-17-13/h9-12H,2-8,15H2,1H3,(H,16,19). The largest absolute Gasteiger partial charge is 0.350 e. The third-order valence-electron chi connectivity index (χ3n) is 3.94. The summed E-state index contributed by atoms with van der Waals surface area (Å²) >= 11 is 0. The topological polar surface area (TPSA) is 72.9 Å². The zero-order chi connectivity index (χ0) is 13.7. The van der Waals surface area contributed by atoms with Gasteiger partial charge in [0, 0.05) is 25.8 Å². The molecule has 1 aromatic heterocycles. The lowest BCUT2D eigenvalue weighted by Gasteiger charge is -2.26. The highest BCUT2D eigenvalue weighted by atomic mass is 16.1. The molecule has 5 heteroatoms. The number of nitrogens with two attached hydrogens (primary N) is 1. The molecule has 1 aliphatic carbocycles. The van der Waals surface area contributed by atoms with Crippen LogP contribution in [0.4, 0.5) is 0 Å². The van der Waals surface area contributed by atoms with Gasteiger partial charge in [-0.15, -0.1) is 0 Å². The van der Waals surface area contributed by atoms with Crippen LogP contribution in [0.5, 0.6) is 0 Å². The molecule has 1 fully saturated rings. The van der Waals surface area contributed by atoms with Crippen molar-refractivity contribution < 1.29 is 4.79 Å². The van der Waals surface area contributed by atoms with Gasteiger partial charge in [-0.05, 0) is 24.7 Å². The average molecular weight is 264 g/mol. The number of amides is 1. The van der Waals surface area contributed by atoms with Crippen molar-refractivity contribution in [3.05, 3.63) is 18.2 Å². The molecule has 0 atom stereocenters. The Morgan fingerprint density at radius 2 is 2.21 bits per heavy atom. The van der Waals surface area contributed by atoms with E-state index in [2.05, 4.69) is 17.2 Å². The quantitative estimate of drug-likeness (QED) is 0.844. The molecule has 0 bridgehead atoms. The highest BCUT2D eigenvalue weighted by molar-refractivity contribution is 5.91.